The summed E-state index contributed by atoms with van der Waals surface area (Å²) in [4.78, 5) is 8.50. The van der Waals surface area contributed by atoms with Gasteiger partial charge >= 0.3 is 0 Å². The first-order chi connectivity index (χ1) is 8.81. The van der Waals surface area contributed by atoms with Crippen LogP contribution in [0.15, 0.2) is 36.5 Å². The molecule has 2 N–H and O–H groups in total. The van der Waals surface area contributed by atoms with E-state index in [-0.39, 0.29) is 0 Å². The molecule has 1 aromatic heterocycles. The molecule has 0 saturated heterocycles. The number of nitrogens with zero attached hydrogens (tertiary/aromatic N) is 2. The Morgan fingerprint density at radius 1 is 1.06 bits per heavy atom. The highest BCUT2D eigenvalue weighted by molar-refractivity contribution is 5.57. The molecule has 4 nitrogen and oxygen atoms in total. The Hall–Kier alpha value is -2.10. The minimum absolute atomic E-state index is 0.646. The zero-order chi connectivity index (χ0) is 12.8. The molecule has 94 valence electrons. The maximum absolute atomic E-state index is 4.37. The van der Waals surface area contributed by atoms with Crippen LogP contribution in [0.3, 0.4) is 0 Å². The van der Waals surface area contributed by atoms with Crippen LogP contribution in [0.1, 0.15) is 19.4 Å². The summed E-state index contributed by atoms with van der Waals surface area (Å²) in [5.41, 5.74) is 2.37. The standard InChI is InChI=1S/C14H18N4/c1-3-11-5-7-12(8-6-11)17-13-9-10-16-14(18-13)15-4-2/h5-10H,3-4H2,1-2H3,(H2,15,16,17,18). The van der Waals surface area contributed by atoms with Gasteiger partial charge in [0.25, 0.3) is 0 Å². The second-order valence-electron chi connectivity index (χ2n) is 3.97. The number of nitrogens with one attached hydrogen (secondary N) is 2. The molecular weight excluding hydrogens is 224 g/mol. The predicted octanol–water partition coefficient (Wildman–Crippen LogP) is 3.21. The molecule has 2 aromatic rings. The van der Waals surface area contributed by atoms with Crippen LogP contribution in [0.25, 0.3) is 0 Å². The van der Waals surface area contributed by atoms with Crippen LogP contribution in [0.2, 0.25) is 0 Å². The number of hydrogen-bond donors (Lipinski definition) is 2. The summed E-state index contributed by atoms with van der Waals surface area (Å²) in [6, 6.07) is 10.2. The van der Waals surface area contributed by atoms with Crippen LogP contribution < -0.4 is 10.6 Å². The van der Waals surface area contributed by atoms with Gasteiger partial charge in [-0.15, -0.1) is 0 Å². The first-order valence-electron chi connectivity index (χ1n) is 6.24. The van der Waals surface area contributed by atoms with Crippen molar-refractivity contribution in [1.82, 2.24) is 9.97 Å². The highest BCUT2D eigenvalue weighted by Crippen LogP contribution is 2.16. The van der Waals surface area contributed by atoms with Crippen molar-refractivity contribution in [2.45, 2.75) is 20.3 Å². The van der Waals surface area contributed by atoms with Gasteiger partial charge in [0.15, 0.2) is 0 Å². The SMILES string of the molecule is CCNc1nccc(Nc2ccc(CC)cc2)n1. The van der Waals surface area contributed by atoms with Gasteiger partial charge < -0.3 is 10.6 Å². The summed E-state index contributed by atoms with van der Waals surface area (Å²) < 4.78 is 0. The van der Waals surface area contributed by atoms with E-state index in [0.717, 1.165) is 24.5 Å². The topological polar surface area (TPSA) is 49.8 Å². The first-order valence-corrected chi connectivity index (χ1v) is 6.24. The van der Waals surface area contributed by atoms with Gasteiger partial charge in [-0.05, 0) is 37.1 Å². The Bertz CT molecular complexity index is 493. The van der Waals surface area contributed by atoms with E-state index in [9.17, 15) is 0 Å². The van der Waals surface area contributed by atoms with Crippen molar-refractivity contribution in [3.05, 3.63) is 42.1 Å². The Morgan fingerprint density at radius 2 is 1.83 bits per heavy atom. The van der Waals surface area contributed by atoms with Gasteiger partial charge in [0.2, 0.25) is 5.95 Å². The zero-order valence-electron chi connectivity index (χ0n) is 10.8. The molecule has 1 heterocycles. The fourth-order valence-corrected chi connectivity index (χ4v) is 1.64. The van der Waals surface area contributed by atoms with Gasteiger partial charge in [-0.3, -0.25) is 0 Å². The number of hydrogen-bond acceptors (Lipinski definition) is 4. The average Bonchev–Trinajstić information content (AvgIpc) is 2.40. The maximum atomic E-state index is 4.37. The summed E-state index contributed by atoms with van der Waals surface area (Å²) in [5, 5.41) is 6.35. The van der Waals surface area contributed by atoms with Crippen molar-refractivity contribution >= 4 is 17.5 Å². The van der Waals surface area contributed by atoms with E-state index in [2.05, 4.69) is 51.8 Å². The monoisotopic (exact) mass is 242 g/mol. The largest absolute Gasteiger partial charge is 0.354 e. The molecule has 4 heteroatoms. The van der Waals surface area contributed by atoms with E-state index in [4.69, 9.17) is 0 Å². The second kappa shape index (κ2) is 6.00. The highest BCUT2D eigenvalue weighted by Gasteiger charge is 1.99. The second-order valence-corrected chi connectivity index (χ2v) is 3.97. The molecule has 0 aliphatic heterocycles. The summed E-state index contributed by atoms with van der Waals surface area (Å²) in [7, 11) is 0. The van der Waals surface area contributed by atoms with Gasteiger partial charge in [-0.25, -0.2) is 4.98 Å². The fourth-order valence-electron chi connectivity index (χ4n) is 1.64. The summed E-state index contributed by atoms with van der Waals surface area (Å²) in [6.45, 7) is 4.98. The highest BCUT2D eigenvalue weighted by atomic mass is 15.1. The molecule has 0 unspecified atom stereocenters. The minimum atomic E-state index is 0.646. The van der Waals surface area contributed by atoms with E-state index in [1.807, 2.05) is 13.0 Å². The maximum Gasteiger partial charge on any atom is 0.224 e. The third-order valence-electron chi connectivity index (χ3n) is 2.63. The lowest BCUT2D eigenvalue weighted by Gasteiger charge is -2.07. The third-order valence-corrected chi connectivity index (χ3v) is 2.63. The fraction of sp³-hybridized carbons (Fsp3) is 0.286. The van der Waals surface area contributed by atoms with Crippen molar-refractivity contribution < 1.29 is 0 Å². The third kappa shape index (κ3) is 3.20. The van der Waals surface area contributed by atoms with Crippen molar-refractivity contribution in [2.75, 3.05) is 17.2 Å². The Kier molecular flexibility index (Phi) is 4.12. The molecule has 18 heavy (non-hydrogen) atoms. The van der Waals surface area contributed by atoms with Crippen LogP contribution in [0.5, 0.6) is 0 Å². The smallest absolute Gasteiger partial charge is 0.224 e. The molecule has 0 radical (unpaired) electrons. The number of aryl methyl sites for hydroxylation is 1. The lowest BCUT2D eigenvalue weighted by Crippen LogP contribution is -2.03. The van der Waals surface area contributed by atoms with Gasteiger partial charge in [-0.1, -0.05) is 19.1 Å². The lowest BCUT2D eigenvalue weighted by molar-refractivity contribution is 1.09. The Balaban J connectivity index is 2.09. The Morgan fingerprint density at radius 3 is 2.50 bits per heavy atom. The van der Waals surface area contributed by atoms with Gasteiger partial charge in [0.1, 0.15) is 5.82 Å². The molecule has 0 atom stereocenters. The first kappa shape index (κ1) is 12.4. The quantitative estimate of drug-likeness (QED) is 0.845. The summed E-state index contributed by atoms with van der Waals surface area (Å²) >= 11 is 0. The average molecular weight is 242 g/mol. The van der Waals surface area contributed by atoms with Crippen molar-refractivity contribution in [1.29, 1.82) is 0 Å². The van der Waals surface area contributed by atoms with Crippen molar-refractivity contribution in [2.24, 2.45) is 0 Å². The number of benzene rings is 1. The molecular formula is C14H18N4. The van der Waals surface area contributed by atoms with E-state index in [1.165, 1.54) is 5.56 Å². The number of anilines is 3. The molecule has 0 bridgehead atoms. The number of aromatic nitrogens is 2. The van der Waals surface area contributed by atoms with Crippen molar-refractivity contribution in [3.63, 3.8) is 0 Å². The molecule has 0 aliphatic carbocycles. The zero-order valence-corrected chi connectivity index (χ0v) is 10.8. The molecule has 0 fully saturated rings. The van der Waals surface area contributed by atoms with Crippen LogP contribution in [-0.2, 0) is 6.42 Å². The summed E-state index contributed by atoms with van der Waals surface area (Å²) in [5.74, 6) is 1.44. The molecule has 1 aromatic carbocycles. The van der Waals surface area contributed by atoms with Gasteiger partial charge in [0.05, 0.1) is 0 Å². The normalized spacial score (nSPS) is 10.1. The number of rotatable bonds is 5. The minimum Gasteiger partial charge on any atom is -0.354 e. The van der Waals surface area contributed by atoms with E-state index in [0.29, 0.717) is 5.95 Å². The predicted molar refractivity (Wildman–Crippen MR) is 75.3 cm³/mol. The van der Waals surface area contributed by atoms with E-state index < -0.39 is 0 Å². The van der Waals surface area contributed by atoms with Crippen LogP contribution in [0, 0.1) is 0 Å². The van der Waals surface area contributed by atoms with Gasteiger partial charge in [-0.2, -0.15) is 4.98 Å². The molecule has 0 amide bonds. The van der Waals surface area contributed by atoms with E-state index >= 15 is 0 Å². The van der Waals surface area contributed by atoms with Crippen LogP contribution in [0.4, 0.5) is 17.5 Å². The molecule has 0 aliphatic rings. The van der Waals surface area contributed by atoms with Gasteiger partial charge in [0, 0.05) is 18.4 Å². The van der Waals surface area contributed by atoms with Crippen LogP contribution >= 0.6 is 0 Å². The molecule has 0 saturated carbocycles. The Labute approximate surface area is 107 Å². The van der Waals surface area contributed by atoms with E-state index in [1.54, 1.807) is 6.20 Å². The summed E-state index contributed by atoms with van der Waals surface area (Å²) in [6.07, 6.45) is 2.80. The van der Waals surface area contributed by atoms with Crippen LogP contribution in [-0.4, -0.2) is 16.5 Å². The van der Waals surface area contributed by atoms with Crippen molar-refractivity contribution in [3.8, 4) is 0 Å². The molecule has 2 rings (SSSR count). The molecule has 0 spiro atoms. The lowest BCUT2D eigenvalue weighted by atomic mass is 10.1.